The summed E-state index contributed by atoms with van der Waals surface area (Å²) < 4.78 is 11.6. The van der Waals surface area contributed by atoms with E-state index < -0.39 is 0 Å². The molecule has 0 fully saturated rings. The van der Waals surface area contributed by atoms with Crippen LogP contribution in [0, 0.1) is 0 Å². The Labute approximate surface area is 187 Å². The quantitative estimate of drug-likeness (QED) is 0.364. The van der Waals surface area contributed by atoms with E-state index in [1.807, 2.05) is 45.9 Å². The van der Waals surface area contributed by atoms with Crippen LogP contribution in [0.1, 0.15) is 33.3 Å². The first-order valence-corrected chi connectivity index (χ1v) is 10.8. The van der Waals surface area contributed by atoms with Gasteiger partial charge in [-0.1, -0.05) is 29.3 Å². The highest BCUT2D eigenvalue weighted by atomic mass is 35.5. The van der Waals surface area contributed by atoms with Gasteiger partial charge < -0.3 is 14.1 Å². The molecule has 1 amide bonds. The molecule has 158 valence electrons. The molecule has 1 heterocycles. The molecule has 0 aliphatic carbocycles. The zero-order valence-electron chi connectivity index (χ0n) is 17.6. The fourth-order valence-electron chi connectivity index (χ4n) is 3.44. The van der Waals surface area contributed by atoms with Crippen LogP contribution in [0.5, 0.6) is 5.75 Å². The molecule has 0 bridgehead atoms. The minimum absolute atomic E-state index is 0.0202. The Morgan fingerprint density at radius 2 is 1.83 bits per heavy atom. The lowest BCUT2D eigenvalue weighted by Gasteiger charge is -2.17. The summed E-state index contributed by atoms with van der Waals surface area (Å²) in [7, 11) is 0. The Morgan fingerprint density at radius 3 is 2.47 bits per heavy atom. The van der Waals surface area contributed by atoms with Crippen molar-refractivity contribution in [3.05, 3.63) is 58.3 Å². The van der Waals surface area contributed by atoms with E-state index in [0.29, 0.717) is 41.1 Å². The number of amides is 1. The average molecular weight is 446 g/mol. The van der Waals surface area contributed by atoms with Crippen molar-refractivity contribution in [3.63, 3.8) is 0 Å². The molecule has 6 heteroatoms. The molecule has 4 nitrogen and oxygen atoms in total. The number of nitrogens with zero attached hydrogens (tertiary/aromatic N) is 1. The van der Waals surface area contributed by atoms with Crippen LogP contribution in [0.15, 0.2) is 47.1 Å². The molecule has 0 aliphatic rings. The van der Waals surface area contributed by atoms with E-state index in [4.69, 9.17) is 32.4 Å². The van der Waals surface area contributed by atoms with Gasteiger partial charge in [-0.2, -0.15) is 0 Å². The molecular formula is C24H25Cl2NO3. The minimum Gasteiger partial charge on any atom is -0.493 e. The summed E-state index contributed by atoms with van der Waals surface area (Å²) in [6.07, 6.45) is 3.34. The highest BCUT2D eigenvalue weighted by molar-refractivity contribution is 6.36. The van der Waals surface area contributed by atoms with Gasteiger partial charge in [-0.3, -0.25) is 4.79 Å². The van der Waals surface area contributed by atoms with Crippen molar-refractivity contribution >= 4 is 45.7 Å². The average Bonchev–Trinajstić information content (AvgIpc) is 3.11. The number of furan rings is 1. The zero-order valence-corrected chi connectivity index (χ0v) is 19.1. The van der Waals surface area contributed by atoms with Crippen LogP contribution in [0.4, 0.5) is 0 Å². The predicted molar refractivity (Wildman–Crippen MR) is 124 cm³/mol. The second-order valence-corrected chi connectivity index (χ2v) is 7.73. The van der Waals surface area contributed by atoms with Crippen LogP contribution >= 0.6 is 23.2 Å². The number of ether oxygens (including phenoxy) is 1. The topological polar surface area (TPSA) is 42.7 Å². The van der Waals surface area contributed by atoms with Gasteiger partial charge in [-0.25, -0.2) is 0 Å². The maximum absolute atomic E-state index is 12.6. The smallest absolute Gasteiger partial charge is 0.246 e. The Bertz CT molecular complexity index is 1100. The summed E-state index contributed by atoms with van der Waals surface area (Å²) in [5, 5.41) is 2.01. The van der Waals surface area contributed by atoms with Crippen LogP contribution in [0.2, 0.25) is 10.0 Å². The predicted octanol–water partition coefficient (Wildman–Crippen LogP) is 7.08. The number of likely N-dealkylation sites (N-methyl/N-ethyl adjacent to an activating group) is 1. The lowest BCUT2D eigenvalue weighted by atomic mass is 9.99. The van der Waals surface area contributed by atoms with Crippen molar-refractivity contribution in [2.75, 3.05) is 19.7 Å². The van der Waals surface area contributed by atoms with Gasteiger partial charge >= 0.3 is 0 Å². The van der Waals surface area contributed by atoms with Crippen LogP contribution in [0.25, 0.3) is 27.7 Å². The van der Waals surface area contributed by atoms with Gasteiger partial charge in [0.2, 0.25) is 5.91 Å². The maximum atomic E-state index is 12.6. The third kappa shape index (κ3) is 4.50. The molecular weight excluding hydrogens is 421 g/mol. The van der Waals surface area contributed by atoms with Crippen LogP contribution < -0.4 is 4.74 Å². The molecule has 0 aliphatic heterocycles. The number of fused-ring (bicyclic) bond motifs is 1. The van der Waals surface area contributed by atoms with E-state index >= 15 is 0 Å². The van der Waals surface area contributed by atoms with Crippen molar-refractivity contribution in [2.45, 2.75) is 27.7 Å². The van der Waals surface area contributed by atoms with E-state index in [2.05, 4.69) is 0 Å². The normalized spacial score (nSPS) is 11.7. The first kappa shape index (κ1) is 22.3. The SMILES string of the molecule is CCOc1cc2occ(-c3ccc(Cl)cc3Cl)c2cc1/C(C)=C/C(=O)N(CC)CC. The molecule has 30 heavy (non-hydrogen) atoms. The fourth-order valence-corrected chi connectivity index (χ4v) is 3.95. The van der Waals surface area contributed by atoms with Crippen LogP contribution in [0.3, 0.4) is 0 Å². The first-order chi connectivity index (χ1) is 14.4. The summed E-state index contributed by atoms with van der Waals surface area (Å²) in [4.78, 5) is 14.4. The Morgan fingerprint density at radius 1 is 1.10 bits per heavy atom. The maximum Gasteiger partial charge on any atom is 0.246 e. The van der Waals surface area contributed by atoms with Crippen molar-refractivity contribution < 1.29 is 13.9 Å². The van der Waals surface area contributed by atoms with Gasteiger partial charge in [0.25, 0.3) is 0 Å². The van der Waals surface area contributed by atoms with Gasteiger partial charge in [0.1, 0.15) is 11.3 Å². The van der Waals surface area contributed by atoms with E-state index in [1.165, 1.54) is 0 Å². The molecule has 0 atom stereocenters. The fraction of sp³-hybridized carbons (Fsp3) is 0.292. The zero-order chi connectivity index (χ0) is 21.8. The summed E-state index contributed by atoms with van der Waals surface area (Å²) in [6.45, 7) is 9.61. The molecule has 0 N–H and O–H groups in total. The lowest BCUT2D eigenvalue weighted by Crippen LogP contribution is -2.28. The molecule has 0 saturated heterocycles. The molecule has 0 radical (unpaired) electrons. The summed E-state index contributed by atoms with van der Waals surface area (Å²) in [6, 6.07) is 9.23. The third-order valence-corrected chi connectivity index (χ3v) is 5.58. The van der Waals surface area contributed by atoms with E-state index in [1.54, 1.807) is 29.4 Å². The van der Waals surface area contributed by atoms with E-state index in [0.717, 1.165) is 27.6 Å². The van der Waals surface area contributed by atoms with Gasteiger partial charge in [0.15, 0.2) is 0 Å². The summed E-state index contributed by atoms with van der Waals surface area (Å²) in [5.74, 6) is 0.655. The highest BCUT2D eigenvalue weighted by Gasteiger charge is 2.17. The number of hydrogen-bond donors (Lipinski definition) is 0. The minimum atomic E-state index is -0.0202. The number of benzene rings is 2. The molecule has 0 unspecified atom stereocenters. The molecule has 1 aromatic heterocycles. The summed E-state index contributed by atoms with van der Waals surface area (Å²) >= 11 is 12.5. The molecule has 0 spiro atoms. The van der Waals surface area contributed by atoms with Crippen molar-refractivity contribution in [1.82, 2.24) is 4.90 Å². The number of hydrogen-bond acceptors (Lipinski definition) is 3. The molecule has 2 aromatic carbocycles. The van der Waals surface area contributed by atoms with Crippen LogP contribution in [-0.4, -0.2) is 30.5 Å². The largest absolute Gasteiger partial charge is 0.493 e. The number of allylic oxidation sites excluding steroid dienone is 1. The Kier molecular flexibility index (Phi) is 7.11. The van der Waals surface area contributed by atoms with Gasteiger partial charge in [-0.15, -0.1) is 0 Å². The van der Waals surface area contributed by atoms with E-state index in [9.17, 15) is 4.79 Å². The van der Waals surface area contributed by atoms with Crippen molar-refractivity contribution in [3.8, 4) is 16.9 Å². The van der Waals surface area contributed by atoms with Gasteiger partial charge in [0.05, 0.1) is 17.9 Å². The second kappa shape index (κ2) is 9.59. The van der Waals surface area contributed by atoms with E-state index in [-0.39, 0.29) is 5.91 Å². The van der Waals surface area contributed by atoms with Crippen molar-refractivity contribution in [2.24, 2.45) is 0 Å². The first-order valence-electron chi connectivity index (χ1n) is 10.0. The van der Waals surface area contributed by atoms with Crippen LogP contribution in [-0.2, 0) is 4.79 Å². The number of rotatable bonds is 7. The lowest BCUT2D eigenvalue weighted by molar-refractivity contribution is -0.125. The summed E-state index contributed by atoms with van der Waals surface area (Å²) in [5.41, 5.74) is 4.05. The number of carbonyl (C=O) groups excluding carboxylic acids is 1. The highest BCUT2D eigenvalue weighted by Crippen LogP contribution is 2.40. The van der Waals surface area contributed by atoms with Gasteiger partial charge in [-0.05, 0) is 51.5 Å². The number of halogens is 2. The Hall–Kier alpha value is -2.43. The van der Waals surface area contributed by atoms with Gasteiger partial charge in [0, 0.05) is 52.3 Å². The van der Waals surface area contributed by atoms with Crippen molar-refractivity contribution in [1.29, 1.82) is 0 Å². The molecule has 0 saturated carbocycles. The Balaban J connectivity index is 2.15. The third-order valence-electron chi connectivity index (χ3n) is 5.04. The molecule has 3 rings (SSSR count). The standard InChI is InChI=1S/C24H25Cl2NO3/c1-5-27(6-2)24(28)10-15(4)18-12-19-20(17-9-8-16(25)11-21(17)26)14-30-23(19)13-22(18)29-7-3/h8-14H,5-7H2,1-4H3/b15-10+. The number of carbonyl (C=O) groups is 1. The second-order valence-electron chi connectivity index (χ2n) is 6.89. The monoisotopic (exact) mass is 445 g/mol. The molecule has 3 aromatic rings.